The number of ketones is 1. The monoisotopic (exact) mass is 395 g/mol. The van der Waals surface area contributed by atoms with Gasteiger partial charge in [-0.15, -0.1) is 0 Å². The Kier molecular flexibility index (Phi) is 5.88. The molecule has 27 heavy (non-hydrogen) atoms. The van der Waals surface area contributed by atoms with E-state index in [0.717, 1.165) is 5.56 Å². The van der Waals surface area contributed by atoms with Crippen molar-refractivity contribution in [2.45, 2.75) is 6.92 Å². The van der Waals surface area contributed by atoms with Crippen LogP contribution in [0.15, 0.2) is 66.1 Å². The summed E-state index contributed by atoms with van der Waals surface area (Å²) in [7, 11) is 0. The minimum atomic E-state index is -0.195. The van der Waals surface area contributed by atoms with Crippen molar-refractivity contribution < 1.29 is 14.3 Å². The van der Waals surface area contributed by atoms with E-state index in [0.29, 0.717) is 32.8 Å². The minimum Gasteiger partial charge on any atom is -0.489 e. The van der Waals surface area contributed by atoms with Crippen LogP contribution in [0.3, 0.4) is 0 Å². The number of ether oxygens (including phenoxy) is 1. The first-order valence-electron chi connectivity index (χ1n) is 8.23. The Morgan fingerprint density at radius 1 is 1.22 bits per heavy atom. The standard InChI is InChI=1S/C21H17NO3S2/c1-3-12-25-18-7-5-4-6-16(18)13-19-20(24)22(21(26)27-19)17-10-8-15(9-11-17)14(2)23/h3-11,13H,1,12H2,2H3/b19-13-. The fraction of sp³-hybridized carbons (Fsp3) is 0.0952. The van der Waals surface area contributed by atoms with Gasteiger partial charge in [0.1, 0.15) is 12.4 Å². The summed E-state index contributed by atoms with van der Waals surface area (Å²) in [4.78, 5) is 26.3. The summed E-state index contributed by atoms with van der Waals surface area (Å²) < 4.78 is 6.09. The van der Waals surface area contributed by atoms with Crippen molar-refractivity contribution in [2.24, 2.45) is 0 Å². The second-order valence-electron chi connectivity index (χ2n) is 5.76. The largest absolute Gasteiger partial charge is 0.489 e. The van der Waals surface area contributed by atoms with E-state index < -0.39 is 0 Å². The average molecular weight is 396 g/mol. The molecule has 0 saturated carbocycles. The number of rotatable bonds is 6. The fourth-order valence-electron chi connectivity index (χ4n) is 2.56. The second kappa shape index (κ2) is 8.33. The summed E-state index contributed by atoms with van der Waals surface area (Å²) in [5.41, 5.74) is 2.03. The van der Waals surface area contributed by atoms with Crippen LogP contribution in [-0.4, -0.2) is 22.6 Å². The third-order valence-electron chi connectivity index (χ3n) is 3.89. The summed E-state index contributed by atoms with van der Waals surface area (Å²) in [5.74, 6) is 0.454. The summed E-state index contributed by atoms with van der Waals surface area (Å²) in [5, 5.41) is 0. The van der Waals surface area contributed by atoms with Crippen molar-refractivity contribution in [3.8, 4) is 5.75 Å². The molecular weight excluding hydrogens is 378 g/mol. The first kappa shape index (κ1) is 19.1. The number of Topliss-reactive ketones (excluding diaryl/α,β-unsaturated/α-hetero) is 1. The highest BCUT2D eigenvalue weighted by molar-refractivity contribution is 8.27. The van der Waals surface area contributed by atoms with Crippen LogP contribution in [0.4, 0.5) is 5.69 Å². The molecule has 6 heteroatoms. The maximum absolute atomic E-state index is 12.9. The van der Waals surface area contributed by atoms with Gasteiger partial charge in [-0.25, -0.2) is 0 Å². The molecule has 136 valence electrons. The third kappa shape index (κ3) is 4.18. The molecule has 1 fully saturated rings. The molecule has 1 aliphatic rings. The van der Waals surface area contributed by atoms with Crippen LogP contribution in [0.25, 0.3) is 6.08 Å². The first-order chi connectivity index (χ1) is 13.0. The molecule has 0 aromatic heterocycles. The number of hydrogen-bond acceptors (Lipinski definition) is 5. The number of carbonyl (C=O) groups excluding carboxylic acids is 2. The van der Waals surface area contributed by atoms with E-state index in [1.165, 1.54) is 23.6 Å². The number of benzene rings is 2. The van der Waals surface area contributed by atoms with Gasteiger partial charge in [0.25, 0.3) is 5.91 Å². The van der Waals surface area contributed by atoms with Crippen LogP contribution in [-0.2, 0) is 4.79 Å². The molecule has 0 atom stereocenters. The summed E-state index contributed by atoms with van der Waals surface area (Å²) >= 11 is 6.64. The van der Waals surface area contributed by atoms with Gasteiger partial charge in [-0.2, -0.15) is 0 Å². The maximum Gasteiger partial charge on any atom is 0.270 e. The highest BCUT2D eigenvalue weighted by atomic mass is 32.2. The molecule has 0 bridgehead atoms. The van der Waals surface area contributed by atoms with Crippen molar-refractivity contribution in [3.05, 3.63) is 77.2 Å². The molecule has 0 N–H and O–H groups in total. The van der Waals surface area contributed by atoms with Crippen LogP contribution in [0.2, 0.25) is 0 Å². The van der Waals surface area contributed by atoms with Gasteiger partial charge in [0, 0.05) is 11.1 Å². The van der Waals surface area contributed by atoms with E-state index in [-0.39, 0.29) is 11.7 Å². The molecule has 3 rings (SSSR count). The Hall–Kier alpha value is -2.70. The summed E-state index contributed by atoms with van der Waals surface area (Å²) in [6.45, 7) is 5.53. The topological polar surface area (TPSA) is 46.6 Å². The van der Waals surface area contributed by atoms with E-state index >= 15 is 0 Å². The Balaban J connectivity index is 1.89. The molecular formula is C21H17NO3S2. The first-order valence-corrected chi connectivity index (χ1v) is 9.45. The van der Waals surface area contributed by atoms with E-state index in [4.69, 9.17) is 17.0 Å². The molecule has 1 saturated heterocycles. The normalized spacial score (nSPS) is 15.3. The van der Waals surface area contributed by atoms with Crippen molar-refractivity contribution in [2.75, 3.05) is 11.5 Å². The van der Waals surface area contributed by atoms with Crippen LogP contribution in [0.5, 0.6) is 5.75 Å². The van der Waals surface area contributed by atoms with Gasteiger partial charge in [-0.1, -0.05) is 54.8 Å². The molecule has 1 heterocycles. The lowest BCUT2D eigenvalue weighted by molar-refractivity contribution is -0.113. The van der Waals surface area contributed by atoms with E-state index in [9.17, 15) is 9.59 Å². The number of hydrogen-bond donors (Lipinski definition) is 0. The average Bonchev–Trinajstić information content (AvgIpc) is 2.94. The summed E-state index contributed by atoms with van der Waals surface area (Å²) in [6.07, 6.45) is 3.45. The molecule has 1 aliphatic heterocycles. The van der Waals surface area contributed by atoms with Crippen molar-refractivity contribution in [1.82, 2.24) is 0 Å². The van der Waals surface area contributed by atoms with E-state index in [1.54, 1.807) is 36.4 Å². The van der Waals surface area contributed by atoms with E-state index in [2.05, 4.69) is 6.58 Å². The zero-order valence-corrected chi connectivity index (χ0v) is 16.3. The SMILES string of the molecule is C=CCOc1ccccc1/C=C1\SC(=S)N(c2ccc(C(C)=O)cc2)C1=O. The predicted octanol–water partition coefficient (Wildman–Crippen LogP) is 4.86. The van der Waals surface area contributed by atoms with Gasteiger partial charge in [0.2, 0.25) is 0 Å². The van der Waals surface area contributed by atoms with Gasteiger partial charge < -0.3 is 4.74 Å². The zero-order chi connectivity index (χ0) is 19.4. The van der Waals surface area contributed by atoms with Crippen LogP contribution >= 0.6 is 24.0 Å². The van der Waals surface area contributed by atoms with Crippen molar-refractivity contribution >= 4 is 51.8 Å². The Bertz CT molecular complexity index is 948. The lowest BCUT2D eigenvalue weighted by Crippen LogP contribution is -2.27. The number of para-hydroxylation sites is 1. The van der Waals surface area contributed by atoms with Gasteiger partial charge >= 0.3 is 0 Å². The predicted molar refractivity (Wildman–Crippen MR) is 114 cm³/mol. The van der Waals surface area contributed by atoms with Crippen LogP contribution in [0, 0.1) is 0 Å². The Morgan fingerprint density at radius 3 is 2.59 bits per heavy atom. The van der Waals surface area contributed by atoms with Crippen molar-refractivity contribution in [3.63, 3.8) is 0 Å². The number of nitrogens with zero attached hydrogens (tertiary/aromatic N) is 1. The molecule has 0 spiro atoms. The van der Waals surface area contributed by atoms with Crippen LogP contribution < -0.4 is 9.64 Å². The highest BCUT2D eigenvalue weighted by Gasteiger charge is 2.33. The zero-order valence-electron chi connectivity index (χ0n) is 14.7. The molecule has 0 aliphatic carbocycles. The lowest BCUT2D eigenvalue weighted by Gasteiger charge is -2.14. The minimum absolute atomic E-state index is 0.0250. The highest BCUT2D eigenvalue weighted by Crippen LogP contribution is 2.37. The second-order valence-corrected chi connectivity index (χ2v) is 7.43. The van der Waals surface area contributed by atoms with Gasteiger partial charge in [-0.3, -0.25) is 14.5 Å². The molecule has 0 unspecified atom stereocenters. The molecule has 1 amide bonds. The lowest BCUT2D eigenvalue weighted by atomic mass is 10.1. The maximum atomic E-state index is 12.9. The van der Waals surface area contributed by atoms with Gasteiger partial charge in [-0.05, 0) is 43.3 Å². The third-order valence-corrected chi connectivity index (χ3v) is 5.19. The molecule has 2 aromatic carbocycles. The number of thiocarbonyl (C=S) groups is 1. The molecule has 0 radical (unpaired) electrons. The van der Waals surface area contributed by atoms with Gasteiger partial charge in [0.15, 0.2) is 10.1 Å². The van der Waals surface area contributed by atoms with Crippen LogP contribution in [0.1, 0.15) is 22.8 Å². The fourth-order valence-corrected chi connectivity index (χ4v) is 3.85. The number of amides is 1. The van der Waals surface area contributed by atoms with Crippen molar-refractivity contribution in [1.29, 1.82) is 0 Å². The summed E-state index contributed by atoms with van der Waals surface area (Å²) in [6, 6.07) is 14.3. The molecule has 4 nitrogen and oxygen atoms in total. The molecule has 2 aromatic rings. The Morgan fingerprint density at radius 2 is 1.93 bits per heavy atom. The Labute approximate surface area is 167 Å². The van der Waals surface area contributed by atoms with E-state index in [1.807, 2.05) is 24.3 Å². The quantitative estimate of drug-likeness (QED) is 0.303. The number of carbonyl (C=O) groups is 2. The van der Waals surface area contributed by atoms with Gasteiger partial charge in [0.05, 0.1) is 10.6 Å². The number of anilines is 1. The smallest absolute Gasteiger partial charge is 0.270 e. The number of thioether (sulfide) groups is 1.